The number of anilines is 2. The van der Waals surface area contributed by atoms with Gasteiger partial charge < -0.3 is 16.0 Å². The highest BCUT2D eigenvalue weighted by molar-refractivity contribution is 6.02. The first-order valence-electron chi connectivity index (χ1n) is 6.83. The zero-order chi connectivity index (χ0) is 14.2. The summed E-state index contributed by atoms with van der Waals surface area (Å²) < 4.78 is 0. The van der Waals surface area contributed by atoms with Crippen LogP contribution >= 0.6 is 0 Å². The molecule has 1 aliphatic rings. The molecule has 0 saturated heterocycles. The van der Waals surface area contributed by atoms with Gasteiger partial charge in [-0.25, -0.2) is 0 Å². The Labute approximate surface area is 115 Å². The fourth-order valence-corrected chi connectivity index (χ4v) is 2.59. The number of nitrogens with one attached hydrogen (secondary N) is 1. The van der Waals surface area contributed by atoms with Crippen LogP contribution in [-0.2, 0) is 4.79 Å². The molecule has 3 N–H and O–H groups in total. The third-order valence-electron chi connectivity index (χ3n) is 3.79. The molecular formula is C15H23N3O. The molecule has 2 unspecified atom stereocenters. The molecule has 4 nitrogen and oxygen atoms in total. The van der Waals surface area contributed by atoms with Crippen molar-refractivity contribution in [1.82, 2.24) is 0 Å². The summed E-state index contributed by atoms with van der Waals surface area (Å²) in [7, 11) is 2.09. The third-order valence-corrected chi connectivity index (χ3v) is 3.79. The van der Waals surface area contributed by atoms with E-state index in [0.717, 1.165) is 23.4 Å². The summed E-state index contributed by atoms with van der Waals surface area (Å²) >= 11 is 0. The molecule has 0 bridgehead atoms. The largest absolute Gasteiger partial charge is 0.372 e. The van der Waals surface area contributed by atoms with E-state index < -0.39 is 6.04 Å². The van der Waals surface area contributed by atoms with Crippen LogP contribution in [0.5, 0.6) is 0 Å². The monoisotopic (exact) mass is 261 g/mol. The molecule has 1 heterocycles. The van der Waals surface area contributed by atoms with Crippen LogP contribution in [0.4, 0.5) is 11.4 Å². The lowest BCUT2D eigenvalue weighted by Gasteiger charge is -2.28. The van der Waals surface area contributed by atoms with Gasteiger partial charge in [-0.05, 0) is 31.4 Å². The molecule has 2 atom stereocenters. The van der Waals surface area contributed by atoms with Gasteiger partial charge in [-0.1, -0.05) is 19.9 Å². The standard InChI is InChI=1S/C15H23N3O/c1-9(2)7-10(3)18(4)11-5-6-12-13(8-11)17-15(19)14(12)16/h5-6,8-10,14H,7,16H2,1-4H3,(H,17,19). The van der Waals surface area contributed by atoms with E-state index in [1.165, 1.54) is 0 Å². The van der Waals surface area contributed by atoms with Gasteiger partial charge in [-0.2, -0.15) is 0 Å². The molecule has 0 spiro atoms. The number of hydrogen-bond donors (Lipinski definition) is 2. The molecule has 1 aliphatic heterocycles. The number of nitrogens with zero attached hydrogens (tertiary/aromatic N) is 1. The molecule has 0 saturated carbocycles. The molecule has 0 aromatic heterocycles. The summed E-state index contributed by atoms with van der Waals surface area (Å²) in [6.45, 7) is 6.68. The van der Waals surface area contributed by atoms with Gasteiger partial charge in [0.2, 0.25) is 5.91 Å². The maximum atomic E-state index is 11.5. The molecule has 1 aromatic carbocycles. The minimum absolute atomic E-state index is 0.120. The Hall–Kier alpha value is -1.55. The summed E-state index contributed by atoms with van der Waals surface area (Å²) in [4.78, 5) is 13.8. The normalized spacial score (nSPS) is 19.3. The smallest absolute Gasteiger partial charge is 0.245 e. The number of nitrogens with two attached hydrogens (primary N) is 1. The molecule has 104 valence electrons. The lowest BCUT2D eigenvalue weighted by Crippen LogP contribution is -2.30. The van der Waals surface area contributed by atoms with Crippen LogP contribution < -0.4 is 16.0 Å². The van der Waals surface area contributed by atoms with Gasteiger partial charge in [-0.3, -0.25) is 4.79 Å². The molecule has 2 rings (SSSR count). The molecule has 1 aromatic rings. The lowest BCUT2D eigenvalue weighted by atomic mass is 10.0. The van der Waals surface area contributed by atoms with E-state index in [1.807, 2.05) is 18.2 Å². The minimum Gasteiger partial charge on any atom is -0.372 e. The second kappa shape index (κ2) is 5.21. The van der Waals surface area contributed by atoms with E-state index in [0.29, 0.717) is 12.0 Å². The fourth-order valence-electron chi connectivity index (χ4n) is 2.59. The zero-order valence-electron chi connectivity index (χ0n) is 12.1. The average molecular weight is 261 g/mol. The second-order valence-corrected chi connectivity index (χ2v) is 5.83. The van der Waals surface area contributed by atoms with Gasteiger partial charge in [0.05, 0.1) is 0 Å². The number of carbonyl (C=O) groups excluding carboxylic acids is 1. The van der Waals surface area contributed by atoms with Crippen molar-refractivity contribution in [2.75, 3.05) is 17.3 Å². The van der Waals surface area contributed by atoms with Gasteiger partial charge in [0.15, 0.2) is 0 Å². The second-order valence-electron chi connectivity index (χ2n) is 5.83. The maximum Gasteiger partial charge on any atom is 0.245 e. The summed E-state index contributed by atoms with van der Waals surface area (Å²) in [6.07, 6.45) is 1.14. The maximum absolute atomic E-state index is 11.5. The number of fused-ring (bicyclic) bond motifs is 1. The SMILES string of the molecule is CC(C)CC(C)N(C)c1ccc2c(c1)NC(=O)C2N. The van der Waals surface area contributed by atoms with Crippen LogP contribution in [0.2, 0.25) is 0 Å². The highest BCUT2D eigenvalue weighted by atomic mass is 16.2. The number of hydrogen-bond acceptors (Lipinski definition) is 3. The highest BCUT2D eigenvalue weighted by Crippen LogP contribution is 2.33. The lowest BCUT2D eigenvalue weighted by molar-refractivity contribution is -0.116. The zero-order valence-corrected chi connectivity index (χ0v) is 12.1. The molecule has 19 heavy (non-hydrogen) atoms. The number of carbonyl (C=O) groups is 1. The molecule has 0 radical (unpaired) electrons. The Morgan fingerprint density at radius 2 is 2.05 bits per heavy atom. The quantitative estimate of drug-likeness (QED) is 0.875. The fraction of sp³-hybridized carbons (Fsp3) is 0.533. The summed E-state index contributed by atoms with van der Waals surface area (Å²) in [5.74, 6) is 0.546. The Kier molecular flexibility index (Phi) is 3.80. The first kappa shape index (κ1) is 13.9. The van der Waals surface area contributed by atoms with Gasteiger partial charge in [0.1, 0.15) is 6.04 Å². The van der Waals surface area contributed by atoms with E-state index >= 15 is 0 Å². The summed E-state index contributed by atoms with van der Waals surface area (Å²) in [6, 6.07) is 5.93. The number of amides is 1. The predicted octanol–water partition coefficient (Wildman–Crippen LogP) is 2.51. The van der Waals surface area contributed by atoms with Gasteiger partial charge >= 0.3 is 0 Å². The first-order chi connectivity index (χ1) is 8.90. The van der Waals surface area contributed by atoms with E-state index in [1.54, 1.807) is 0 Å². The Morgan fingerprint density at radius 1 is 1.37 bits per heavy atom. The molecular weight excluding hydrogens is 238 g/mol. The predicted molar refractivity (Wildman–Crippen MR) is 79.3 cm³/mol. The van der Waals surface area contributed by atoms with Crippen molar-refractivity contribution in [1.29, 1.82) is 0 Å². The molecule has 4 heteroatoms. The number of rotatable bonds is 4. The van der Waals surface area contributed by atoms with Gasteiger partial charge in [-0.15, -0.1) is 0 Å². The van der Waals surface area contributed by atoms with Crippen molar-refractivity contribution in [3.63, 3.8) is 0 Å². The van der Waals surface area contributed by atoms with Crippen LogP contribution in [0, 0.1) is 5.92 Å². The third kappa shape index (κ3) is 2.73. The van der Waals surface area contributed by atoms with Crippen molar-refractivity contribution in [2.24, 2.45) is 11.7 Å². The molecule has 0 fully saturated rings. The van der Waals surface area contributed by atoms with E-state index in [4.69, 9.17) is 5.73 Å². The number of benzene rings is 1. The van der Waals surface area contributed by atoms with Crippen LogP contribution in [0.25, 0.3) is 0 Å². The van der Waals surface area contributed by atoms with Gasteiger partial charge in [0.25, 0.3) is 0 Å². The van der Waals surface area contributed by atoms with E-state index in [9.17, 15) is 4.79 Å². The Balaban J connectivity index is 2.19. The first-order valence-corrected chi connectivity index (χ1v) is 6.83. The van der Waals surface area contributed by atoms with Crippen molar-refractivity contribution >= 4 is 17.3 Å². The Bertz CT molecular complexity index is 484. The van der Waals surface area contributed by atoms with Crippen LogP contribution in [-0.4, -0.2) is 19.0 Å². The highest BCUT2D eigenvalue weighted by Gasteiger charge is 2.27. The minimum atomic E-state index is -0.526. The van der Waals surface area contributed by atoms with Crippen molar-refractivity contribution in [2.45, 2.75) is 39.3 Å². The van der Waals surface area contributed by atoms with Crippen LogP contribution in [0.3, 0.4) is 0 Å². The van der Waals surface area contributed by atoms with E-state index in [2.05, 4.69) is 38.0 Å². The van der Waals surface area contributed by atoms with Gasteiger partial charge in [0, 0.05) is 30.0 Å². The average Bonchev–Trinajstić information content (AvgIpc) is 2.63. The topological polar surface area (TPSA) is 58.4 Å². The van der Waals surface area contributed by atoms with E-state index in [-0.39, 0.29) is 5.91 Å². The summed E-state index contributed by atoms with van der Waals surface area (Å²) in [5, 5.41) is 2.83. The van der Waals surface area contributed by atoms with Crippen molar-refractivity contribution < 1.29 is 4.79 Å². The van der Waals surface area contributed by atoms with Crippen LogP contribution in [0.15, 0.2) is 18.2 Å². The molecule has 1 amide bonds. The van der Waals surface area contributed by atoms with Crippen molar-refractivity contribution in [3.05, 3.63) is 23.8 Å². The molecule has 0 aliphatic carbocycles. The van der Waals surface area contributed by atoms with Crippen molar-refractivity contribution in [3.8, 4) is 0 Å². The van der Waals surface area contributed by atoms with Crippen LogP contribution in [0.1, 0.15) is 38.8 Å². The Morgan fingerprint density at radius 3 is 2.68 bits per heavy atom. The summed E-state index contributed by atoms with van der Waals surface area (Å²) in [5.41, 5.74) is 8.66.